The minimum Gasteiger partial charge on any atom is -0.367 e. The second-order valence-corrected chi connectivity index (χ2v) is 3.43. The number of nitrogens with zero attached hydrogens (tertiary/aromatic N) is 1. The molecule has 0 aliphatic rings. The molecule has 0 saturated heterocycles. The molecular formula is C8H7N3O2S. The first-order valence-electron chi connectivity index (χ1n) is 3.77. The monoisotopic (exact) mass is 209 g/mol. The molecule has 0 aliphatic carbocycles. The predicted molar refractivity (Wildman–Crippen MR) is 52.7 cm³/mol. The van der Waals surface area contributed by atoms with E-state index < -0.39 is 5.91 Å². The van der Waals surface area contributed by atoms with E-state index in [4.69, 9.17) is 16.0 Å². The number of primary amides is 1. The lowest BCUT2D eigenvalue weighted by Gasteiger charge is -1.93. The van der Waals surface area contributed by atoms with Gasteiger partial charge in [0.1, 0.15) is 11.3 Å². The third-order valence-electron chi connectivity index (χ3n) is 1.76. The summed E-state index contributed by atoms with van der Waals surface area (Å²) in [4.78, 5) is 11.0. The second kappa shape index (κ2) is 3.15. The molecule has 0 saturated carbocycles. The molecule has 0 unspecified atom stereocenters. The minimum atomic E-state index is -0.634. The molecule has 5 nitrogen and oxygen atoms in total. The highest BCUT2D eigenvalue weighted by Crippen LogP contribution is 2.27. The van der Waals surface area contributed by atoms with Crippen molar-refractivity contribution in [1.82, 2.24) is 5.16 Å². The van der Waals surface area contributed by atoms with Crippen molar-refractivity contribution in [2.45, 2.75) is 0 Å². The van der Waals surface area contributed by atoms with Gasteiger partial charge in [0.25, 0.3) is 5.91 Å². The lowest BCUT2D eigenvalue weighted by molar-refractivity contribution is 0.100. The van der Waals surface area contributed by atoms with Crippen LogP contribution in [0.1, 0.15) is 10.4 Å². The summed E-state index contributed by atoms with van der Waals surface area (Å²) >= 11 is 1.49. The van der Waals surface area contributed by atoms with Crippen LogP contribution in [-0.2, 0) is 0 Å². The quantitative estimate of drug-likeness (QED) is 0.773. The number of carbonyl (C=O) groups excluding carboxylic acids is 1. The fraction of sp³-hybridized carbons (Fsp3) is 0. The van der Waals surface area contributed by atoms with Crippen molar-refractivity contribution in [3.8, 4) is 11.3 Å². The van der Waals surface area contributed by atoms with Crippen LogP contribution in [0.15, 0.2) is 21.3 Å². The van der Waals surface area contributed by atoms with Gasteiger partial charge in [0.2, 0.25) is 5.88 Å². The SMILES string of the molecule is NC(=O)c1c(-c2ccsc2)noc1N. The number of carbonyl (C=O) groups is 1. The number of hydrogen-bond donors (Lipinski definition) is 2. The molecule has 72 valence electrons. The Morgan fingerprint density at radius 1 is 1.57 bits per heavy atom. The topological polar surface area (TPSA) is 95.1 Å². The molecule has 0 atom stereocenters. The Bertz CT molecular complexity index is 461. The summed E-state index contributed by atoms with van der Waals surface area (Å²) in [7, 11) is 0. The molecule has 4 N–H and O–H groups in total. The number of amides is 1. The summed E-state index contributed by atoms with van der Waals surface area (Å²) in [5.74, 6) is -0.677. The van der Waals surface area contributed by atoms with E-state index in [0.29, 0.717) is 5.69 Å². The Labute approximate surface area is 83.3 Å². The van der Waals surface area contributed by atoms with E-state index in [1.165, 1.54) is 11.3 Å². The van der Waals surface area contributed by atoms with Gasteiger partial charge in [-0.1, -0.05) is 5.16 Å². The smallest absolute Gasteiger partial charge is 0.256 e. The van der Waals surface area contributed by atoms with Crippen LogP contribution >= 0.6 is 11.3 Å². The van der Waals surface area contributed by atoms with Crippen LogP contribution in [0.2, 0.25) is 0 Å². The van der Waals surface area contributed by atoms with E-state index >= 15 is 0 Å². The van der Waals surface area contributed by atoms with Crippen molar-refractivity contribution in [2.24, 2.45) is 5.73 Å². The lowest BCUT2D eigenvalue weighted by atomic mass is 10.1. The summed E-state index contributed by atoms with van der Waals surface area (Å²) < 4.78 is 4.71. The van der Waals surface area contributed by atoms with Crippen molar-refractivity contribution < 1.29 is 9.32 Å². The Balaban J connectivity index is 2.60. The number of hydrogen-bond acceptors (Lipinski definition) is 5. The van der Waals surface area contributed by atoms with Gasteiger partial charge in [-0.15, -0.1) is 0 Å². The molecule has 14 heavy (non-hydrogen) atoms. The molecule has 0 aliphatic heterocycles. The van der Waals surface area contributed by atoms with E-state index in [9.17, 15) is 4.79 Å². The normalized spacial score (nSPS) is 10.3. The number of anilines is 1. The van der Waals surface area contributed by atoms with E-state index in [2.05, 4.69) is 5.16 Å². The number of aromatic nitrogens is 1. The van der Waals surface area contributed by atoms with Gasteiger partial charge in [-0.2, -0.15) is 11.3 Å². The molecule has 0 radical (unpaired) electrons. The standard InChI is InChI=1S/C8H7N3O2S/c9-7(12)5-6(11-13-8(5)10)4-1-2-14-3-4/h1-3H,10H2,(H2,9,12). The number of thiophene rings is 1. The van der Waals surface area contributed by atoms with Crippen LogP contribution in [0.3, 0.4) is 0 Å². The highest BCUT2D eigenvalue weighted by molar-refractivity contribution is 7.08. The van der Waals surface area contributed by atoms with Crippen molar-refractivity contribution in [2.75, 3.05) is 5.73 Å². The van der Waals surface area contributed by atoms with Crippen LogP contribution in [0, 0.1) is 0 Å². The number of nitrogen functional groups attached to an aromatic ring is 1. The van der Waals surface area contributed by atoms with Crippen molar-refractivity contribution in [3.05, 3.63) is 22.4 Å². The number of nitrogens with two attached hydrogens (primary N) is 2. The Hall–Kier alpha value is -1.82. The van der Waals surface area contributed by atoms with Gasteiger partial charge in [-0.05, 0) is 11.4 Å². The van der Waals surface area contributed by atoms with Crippen molar-refractivity contribution >= 4 is 23.1 Å². The molecule has 2 aromatic rings. The maximum Gasteiger partial charge on any atom is 0.256 e. The van der Waals surface area contributed by atoms with Crippen molar-refractivity contribution in [3.63, 3.8) is 0 Å². The Morgan fingerprint density at radius 2 is 2.36 bits per heavy atom. The highest BCUT2D eigenvalue weighted by Gasteiger charge is 2.19. The zero-order chi connectivity index (χ0) is 10.1. The molecule has 0 spiro atoms. The van der Waals surface area contributed by atoms with Crippen LogP contribution in [0.25, 0.3) is 11.3 Å². The fourth-order valence-corrected chi connectivity index (χ4v) is 1.78. The van der Waals surface area contributed by atoms with Crippen molar-refractivity contribution in [1.29, 1.82) is 0 Å². The summed E-state index contributed by atoms with van der Waals surface area (Å²) in [6.45, 7) is 0. The third-order valence-corrected chi connectivity index (χ3v) is 2.44. The summed E-state index contributed by atoms with van der Waals surface area (Å²) in [6, 6.07) is 1.81. The average molecular weight is 209 g/mol. The van der Waals surface area contributed by atoms with Gasteiger partial charge in [0.15, 0.2) is 0 Å². The molecule has 0 fully saturated rings. The van der Waals surface area contributed by atoms with Gasteiger partial charge in [-0.25, -0.2) is 0 Å². The molecule has 0 aromatic carbocycles. The van der Waals surface area contributed by atoms with Gasteiger partial charge < -0.3 is 16.0 Å². The first kappa shape index (κ1) is 8.76. The largest absolute Gasteiger partial charge is 0.367 e. The molecule has 2 heterocycles. The molecule has 6 heteroatoms. The maximum absolute atomic E-state index is 11.0. The molecule has 1 amide bonds. The summed E-state index contributed by atoms with van der Waals surface area (Å²) in [5, 5.41) is 7.39. The molecular weight excluding hydrogens is 202 g/mol. The van der Waals surface area contributed by atoms with E-state index in [0.717, 1.165) is 5.56 Å². The Morgan fingerprint density at radius 3 is 2.93 bits per heavy atom. The first-order valence-corrected chi connectivity index (χ1v) is 4.72. The highest BCUT2D eigenvalue weighted by atomic mass is 32.1. The zero-order valence-corrected chi connectivity index (χ0v) is 7.88. The first-order chi connectivity index (χ1) is 6.70. The van der Waals surface area contributed by atoms with Gasteiger partial charge in [0.05, 0.1) is 0 Å². The Kier molecular flexibility index (Phi) is 1.97. The van der Waals surface area contributed by atoms with Crippen LogP contribution in [0.4, 0.5) is 5.88 Å². The minimum absolute atomic E-state index is 0.0429. The predicted octanol–water partition coefficient (Wildman–Crippen LogP) is 1.08. The second-order valence-electron chi connectivity index (χ2n) is 2.65. The van der Waals surface area contributed by atoms with Crippen LogP contribution in [0.5, 0.6) is 0 Å². The fourth-order valence-electron chi connectivity index (χ4n) is 1.14. The molecule has 2 aromatic heterocycles. The van der Waals surface area contributed by atoms with Crippen LogP contribution < -0.4 is 11.5 Å². The summed E-state index contributed by atoms with van der Waals surface area (Å²) in [5.41, 5.74) is 11.9. The lowest BCUT2D eigenvalue weighted by Crippen LogP contribution is -2.13. The van der Waals surface area contributed by atoms with Gasteiger partial charge >= 0.3 is 0 Å². The van der Waals surface area contributed by atoms with E-state index in [-0.39, 0.29) is 11.4 Å². The summed E-state index contributed by atoms with van der Waals surface area (Å²) in [6.07, 6.45) is 0. The number of rotatable bonds is 2. The van der Waals surface area contributed by atoms with E-state index in [1.807, 2.05) is 16.8 Å². The average Bonchev–Trinajstić information content (AvgIpc) is 2.70. The van der Waals surface area contributed by atoms with Gasteiger partial charge in [-0.3, -0.25) is 4.79 Å². The molecule has 2 rings (SSSR count). The zero-order valence-electron chi connectivity index (χ0n) is 7.06. The maximum atomic E-state index is 11.0. The molecule has 0 bridgehead atoms. The third kappa shape index (κ3) is 1.25. The van der Waals surface area contributed by atoms with Crippen LogP contribution in [-0.4, -0.2) is 11.1 Å². The van der Waals surface area contributed by atoms with Gasteiger partial charge in [0, 0.05) is 10.9 Å². The van der Waals surface area contributed by atoms with E-state index in [1.54, 1.807) is 0 Å².